The molecule has 0 heterocycles. The van der Waals surface area contributed by atoms with Gasteiger partial charge in [-0.2, -0.15) is 22.2 Å². The lowest BCUT2D eigenvalue weighted by Crippen LogP contribution is -1.91. The van der Waals surface area contributed by atoms with Crippen LogP contribution in [0.4, 0.5) is 0 Å². The second-order valence-electron chi connectivity index (χ2n) is 3.83. The second-order valence-corrected chi connectivity index (χ2v) is 9.02. The molecule has 0 saturated heterocycles. The van der Waals surface area contributed by atoms with Crippen LogP contribution in [-0.2, 0) is 6.42 Å². The van der Waals surface area contributed by atoms with E-state index in [-0.39, 0.29) is 0 Å². The van der Waals surface area contributed by atoms with Crippen LogP contribution in [0, 0.1) is 0 Å². The van der Waals surface area contributed by atoms with Gasteiger partial charge < -0.3 is 0 Å². The smallest absolute Gasteiger partial charge is 0.150 e. The molecule has 0 fully saturated rings. The molecule has 0 amide bonds. The molecule has 1 aromatic rings. The minimum absolute atomic E-state index is 1.06. The predicted molar refractivity (Wildman–Crippen MR) is 72.3 cm³/mol. The maximum Gasteiger partial charge on any atom is 0.237 e. The lowest BCUT2D eigenvalue weighted by molar-refractivity contribution is 0.666. The van der Waals surface area contributed by atoms with Crippen molar-refractivity contribution in [2.24, 2.45) is 0 Å². The summed E-state index contributed by atoms with van der Waals surface area (Å²) in [6, 6.07) is 11.7. The standard InChI is InChI=1S/C12H18Cl2Si/c13-15(14)11-7-2-1-4-8-12-9-5-3-6-10-12/h3,5-6,9-10,15H,1-2,4,7-8,11H2. The van der Waals surface area contributed by atoms with Crippen LogP contribution in [-0.4, -0.2) is 7.42 Å². The van der Waals surface area contributed by atoms with Crippen molar-refractivity contribution in [1.29, 1.82) is 0 Å². The van der Waals surface area contributed by atoms with Crippen molar-refractivity contribution in [2.45, 2.75) is 38.1 Å². The Kier molecular flexibility index (Phi) is 7.15. The fourth-order valence-electron chi connectivity index (χ4n) is 1.63. The van der Waals surface area contributed by atoms with Gasteiger partial charge >= 0.3 is 0 Å². The first-order chi connectivity index (χ1) is 7.29. The van der Waals surface area contributed by atoms with Crippen molar-refractivity contribution in [3.8, 4) is 0 Å². The summed E-state index contributed by atoms with van der Waals surface area (Å²) in [6.45, 7) is 0. The van der Waals surface area contributed by atoms with Crippen molar-refractivity contribution < 1.29 is 0 Å². The maximum atomic E-state index is 5.79. The highest BCUT2D eigenvalue weighted by Gasteiger charge is 2.00. The molecule has 0 N–H and O–H groups in total. The number of halogens is 2. The fourth-order valence-corrected chi connectivity index (χ4v) is 3.15. The molecule has 0 aromatic heterocycles. The number of hydrogen-bond acceptors (Lipinski definition) is 0. The van der Waals surface area contributed by atoms with Gasteiger partial charge in [0.15, 0.2) is 0 Å². The summed E-state index contributed by atoms with van der Waals surface area (Å²) >= 11 is 11.6. The van der Waals surface area contributed by atoms with E-state index in [4.69, 9.17) is 22.2 Å². The molecule has 0 unspecified atom stereocenters. The van der Waals surface area contributed by atoms with E-state index in [1.165, 1.54) is 37.7 Å². The van der Waals surface area contributed by atoms with Gasteiger partial charge in [0.2, 0.25) is 7.42 Å². The minimum Gasteiger partial charge on any atom is -0.150 e. The minimum atomic E-state index is -1.34. The zero-order chi connectivity index (χ0) is 10.9. The average Bonchev–Trinajstić information content (AvgIpc) is 2.24. The van der Waals surface area contributed by atoms with Crippen LogP contribution in [0.25, 0.3) is 0 Å². The van der Waals surface area contributed by atoms with E-state index in [0.717, 1.165) is 6.04 Å². The molecule has 0 bridgehead atoms. The van der Waals surface area contributed by atoms with E-state index >= 15 is 0 Å². The monoisotopic (exact) mass is 260 g/mol. The molecule has 0 radical (unpaired) electrons. The Hall–Kier alpha value is 0.0169. The summed E-state index contributed by atoms with van der Waals surface area (Å²) in [5.41, 5.74) is 1.44. The van der Waals surface area contributed by atoms with Gasteiger partial charge in [0, 0.05) is 0 Å². The molecular formula is C12H18Cl2Si. The summed E-state index contributed by atoms with van der Waals surface area (Å²) in [5, 5.41) is 0. The van der Waals surface area contributed by atoms with Crippen molar-refractivity contribution in [3.63, 3.8) is 0 Å². The summed E-state index contributed by atoms with van der Waals surface area (Å²) in [4.78, 5) is 0. The molecule has 0 aliphatic rings. The van der Waals surface area contributed by atoms with Gasteiger partial charge in [0.25, 0.3) is 0 Å². The molecule has 0 atom stereocenters. The van der Waals surface area contributed by atoms with E-state index in [2.05, 4.69) is 30.3 Å². The molecule has 3 heteroatoms. The van der Waals surface area contributed by atoms with Crippen LogP contribution in [0.1, 0.15) is 31.2 Å². The molecule has 15 heavy (non-hydrogen) atoms. The lowest BCUT2D eigenvalue weighted by Gasteiger charge is -2.02. The zero-order valence-corrected chi connectivity index (χ0v) is 11.6. The molecule has 0 aliphatic carbocycles. The molecule has 0 saturated carbocycles. The van der Waals surface area contributed by atoms with Gasteiger partial charge in [-0.05, 0) is 24.4 Å². The third kappa shape index (κ3) is 6.99. The van der Waals surface area contributed by atoms with Crippen LogP contribution in [0.15, 0.2) is 30.3 Å². The van der Waals surface area contributed by atoms with Gasteiger partial charge in [0.1, 0.15) is 0 Å². The van der Waals surface area contributed by atoms with E-state index in [1.807, 2.05) is 0 Å². The SMILES string of the molecule is Cl[SiH](Cl)CCCCCCc1ccccc1. The van der Waals surface area contributed by atoms with Gasteiger partial charge in [-0.15, -0.1) is 0 Å². The normalized spacial score (nSPS) is 10.9. The highest BCUT2D eigenvalue weighted by molar-refractivity contribution is 7.33. The average molecular weight is 261 g/mol. The van der Waals surface area contributed by atoms with Crippen LogP contribution in [0.3, 0.4) is 0 Å². The molecule has 1 aromatic carbocycles. The first-order valence-corrected chi connectivity index (χ1v) is 9.92. The number of hydrogen-bond donors (Lipinski definition) is 0. The topological polar surface area (TPSA) is 0 Å². The van der Waals surface area contributed by atoms with Gasteiger partial charge in [-0.25, -0.2) is 0 Å². The molecular weight excluding hydrogens is 243 g/mol. The first-order valence-electron chi connectivity index (χ1n) is 5.61. The van der Waals surface area contributed by atoms with Crippen LogP contribution < -0.4 is 0 Å². The summed E-state index contributed by atoms with van der Waals surface area (Å²) in [5.74, 6) is 0. The number of unbranched alkanes of at least 4 members (excludes halogenated alkanes) is 3. The summed E-state index contributed by atoms with van der Waals surface area (Å²) < 4.78 is 0. The zero-order valence-electron chi connectivity index (χ0n) is 8.96. The Morgan fingerprint density at radius 3 is 2.20 bits per heavy atom. The Labute approximate surface area is 104 Å². The Balaban J connectivity index is 1.98. The number of aryl methyl sites for hydroxylation is 1. The van der Waals surface area contributed by atoms with Crippen LogP contribution in [0.2, 0.25) is 6.04 Å². The maximum absolute atomic E-state index is 5.79. The Morgan fingerprint density at radius 1 is 0.867 bits per heavy atom. The Bertz CT molecular complexity index is 249. The third-order valence-electron chi connectivity index (χ3n) is 2.48. The van der Waals surface area contributed by atoms with Crippen molar-refractivity contribution in [3.05, 3.63) is 35.9 Å². The summed E-state index contributed by atoms with van der Waals surface area (Å²) in [6.07, 6.45) is 6.25. The van der Waals surface area contributed by atoms with E-state index in [1.54, 1.807) is 0 Å². The highest BCUT2D eigenvalue weighted by Crippen LogP contribution is 2.12. The number of benzene rings is 1. The highest BCUT2D eigenvalue weighted by atomic mass is 35.7. The first kappa shape index (κ1) is 13.1. The van der Waals surface area contributed by atoms with Gasteiger partial charge in [-0.1, -0.05) is 49.6 Å². The molecule has 0 spiro atoms. The van der Waals surface area contributed by atoms with Crippen molar-refractivity contribution in [2.75, 3.05) is 0 Å². The van der Waals surface area contributed by atoms with Gasteiger partial charge in [-0.3, -0.25) is 0 Å². The quantitative estimate of drug-likeness (QED) is 0.385. The van der Waals surface area contributed by atoms with Crippen LogP contribution >= 0.6 is 22.2 Å². The summed E-state index contributed by atoms with van der Waals surface area (Å²) in [7, 11) is -1.34. The molecule has 1 rings (SSSR count). The van der Waals surface area contributed by atoms with Crippen molar-refractivity contribution >= 4 is 29.6 Å². The lowest BCUT2D eigenvalue weighted by atomic mass is 10.1. The third-order valence-corrected chi connectivity index (χ3v) is 4.63. The Morgan fingerprint density at radius 2 is 1.53 bits per heavy atom. The number of rotatable bonds is 7. The second kappa shape index (κ2) is 8.20. The molecule has 0 aliphatic heterocycles. The van der Waals surface area contributed by atoms with Crippen molar-refractivity contribution in [1.82, 2.24) is 0 Å². The van der Waals surface area contributed by atoms with Crippen LogP contribution in [0.5, 0.6) is 0 Å². The van der Waals surface area contributed by atoms with E-state index < -0.39 is 7.42 Å². The van der Waals surface area contributed by atoms with E-state index in [0.29, 0.717) is 0 Å². The largest absolute Gasteiger partial charge is 0.237 e. The predicted octanol–water partition coefficient (Wildman–Crippen LogP) is 4.49. The fraction of sp³-hybridized carbons (Fsp3) is 0.500. The molecule has 84 valence electrons. The van der Waals surface area contributed by atoms with Gasteiger partial charge in [0.05, 0.1) is 0 Å². The molecule has 0 nitrogen and oxygen atoms in total. The van der Waals surface area contributed by atoms with E-state index in [9.17, 15) is 0 Å².